The Labute approximate surface area is 87.8 Å². The fourth-order valence-corrected chi connectivity index (χ4v) is 1.32. The van der Waals surface area contributed by atoms with Crippen LogP contribution in [0.3, 0.4) is 0 Å². The van der Waals surface area contributed by atoms with Crippen LogP contribution in [-0.4, -0.2) is 10.9 Å². The lowest BCUT2D eigenvalue weighted by Crippen LogP contribution is -2.07. The van der Waals surface area contributed by atoms with E-state index in [-0.39, 0.29) is 11.4 Å². The molecule has 3 heteroatoms. The second-order valence-corrected chi connectivity index (χ2v) is 3.41. The van der Waals surface area contributed by atoms with E-state index in [9.17, 15) is 9.90 Å². The van der Waals surface area contributed by atoms with Crippen molar-refractivity contribution in [3.63, 3.8) is 0 Å². The maximum Gasteiger partial charge on any atom is 0.158 e. The smallest absolute Gasteiger partial charge is 0.158 e. The molecule has 0 spiro atoms. The molecule has 74 valence electrons. The van der Waals surface area contributed by atoms with E-state index < -0.39 is 6.10 Å². The highest BCUT2D eigenvalue weighted by Gasteiger charge is 2.17. The summed E-state index contributed by atoms with van der Waals surface area (Å²) in [6, 6.07) is 6.83. The summed E-state index contributed by atoms with van der Waals surface area (Å²) < 4.78 is 0. The standard InChI is InChI=1S/C11H11ClO2/c1-7(8(2)13)11(14)9-5-3-4-6-10(9)12/h3-6,11,14H,1H2,2H3. The maximum atomic E-state index is 11.0. The van der Waals surface area contributed by atoms with E-state index in [0.717, 1.165) is 0 Å². The lowest BCUT2D eigenvalue weighted by Gasteiger charge is -2.12. The van der Waals surface area contributed by atoms with Crippen molar-refractivity contribution in [3.8, 4) is 0 Å². The molecule has 1 atom stereocenters. The first-order valence-corrected chi connectivity index (χ1v) is 4.54. The second-order valence-electron chi connectivity index (χ2n) is 3.01. The average Bonchev–Trinajstić information content (AvgIpc) is 2.16. The summed E-state index contributed by atoms with van der Waals surface area (Å²) >= 11 is 5.86. The minimum absolute atomic E-state index is 0.151. The van der Waals surface area contributed by atoms with Crippen molar-refractivity contribution >= 4 is 17.4 Å². The molecule has 0 aliphatic rings. The van der Waals surface area contributed by atoms with Crippen molar-refractivity contribution in [3.05, 3.63) is 47.0 Å². The lowest BCUT2D eigenvalue weighted by atomic mass is 10.0. The first kappa shape index (κ1) is 11.0. The Balaban J connectivity index is 3.01. The van der Waals surface area contributed by atoms with Crippen molar-refractivity contribution < 1.29 is 9.90 Å². The summed E-state index contributed by atoms with van der Waals surface area (Å²) in [5.74, 6) is -0.239. The van der Waals surface area contributed by atoms with Crippen LogP contribution in [0.15, 0.2) is 36.4 Å². The second kappa shape index (κ2) is 4.40. The number of carbonyl (C=O) groups is 1. The Kier molecular flexibility index (Phi) is 3.44. The average molecular weight is 211 g/mol. The first-order chi connectivity index (χ1) is 6.54. The van der Waals surface area contributed by atoms with Crippen LogP contribution in [0.4, 0.5) is 0 Å². The van der Waals surface area contributed by atoms with Crippen LogP contribution in [-0.2, 0) is 4.79 Å². The molecule has 0 heterocycles. The molecule has 1 rings (SSSR count). The molecule has 1 aromatic carbocycles. The Morgan fingerprint density at radius 1 is 1.50 bits per heavy atom. The van der Waals surface area contributed by atoms with E-state index in [2.05, 4.69) is 6.58 Å². The van der Waals surface area contributed by atoms with E-state index in [1.165, 1.54) is 6.92 Å². The monoisotopic (exact) mass is 210 g/mol. The number of Topliss-reactive ketones (excluding diaryl/α,β-unsaturated/α-hetero) is 1. The number of benzene rings is 1. The normalized spacial score (nSPS) is 12.2. The number of rotatable bonds is 3. The van der Waals surface area contributed by atoms with E-state index in [1.807, 2.05) is 0 Å². The zero-order valence-corrected chi connectivity index (χ0v) is 8.58. The highest BCUT2D eigenvalue weighted by molar-refractivity contribution is 6.31. The van der Waals surface area contributed by atoms with E-state index in [0.29, 0.717) is 10.6 Å². The molecule has 0 bridgehead atoms. The molecule has 14 heavy (non-hydrogen) atoms. The van der Waals surface area contributed by atoms with Gasteiger partial charge in [0.1, 0.15) is 6.10 Å². The minimum atomic E-state index is -1.01. The number of hydrogen-bond donors (Lipinski definition) is 1. The van der Waals surface area contributed by atoms with Crippen molar-refractivity contribution in [2.24, 2.45) is 0 Å². The largest absolute Gasteiger partial charge is 0.383 e. The van der Waals surface area contributed by atoms with Crippen molar-refractivity contribution in [2.45, 2.75) is 13.0 Å². The SMILES string of the molecule is C=C(C(C)=O)C(O)c1ccccc1Cl. The summed E-state index contributed by atoms with van der Waals surface area (Å²) in [5.41, 5.74) is 0.660. The summed E-state index contributed by atoms with van der Waals surface area (Å²) in [6.07, 6.45) is -1.01. The van der Waals surface area contributed by atoms with Gasteiger partial charge >= 0.3 is 0 Å². The number of aliphatic hydroxyl groups excluding tert-OH is 1. The molecular formula is C11H11ClO2. The number of carbonyl (C=O) groups excluding carboxylic acids is 1. The fourth-order valence-electron chi connectivity index (χ4n) is 1.08. The van der Waals surface area contributed by atoms with Gasteiger partial charge in [0.15, 0.2) is 5.78 Å². The molecule has 0 aliphatic carbocycles. The maximum absolute atomic E-state index is 11.0. The summed E-state index contributed by atoms with van der Waals surface area (Å²) in [4.78, 5) is 11.0. The topological polar surface area (TPSA) is 37.3 Å². The van der Waals surface area contributed by atoms with Crippen LogP contribution < -0.4 is 0 Å². The van der Waals surface area contributed by atoms with Gasteiger partial charge in [0, 0.05) is 16.2 Å². The van der Waals surface area contributed by atoms with Crippen LogP contribution in [0.1, 0.15) is 18.6 Å². The van der Waals surface area contributed by atoms with Gasteiger partial charge in [-0.15, -0.1) is 0 Å². The number of ketones is 1. The Hall–Kier alpha value is -1.12. The Morgan fingerprint density at radius 3 is 2.57 bits per heavy atom. The predicted molar refractivity (Wildman–Crippen MR) is 56.2 cm³/mol. The predicted octanol–water partition coefficient (Wildman–Crippen LogP) is 2.52. The van der Waals surface area contributed by atoms with E-state index in [1.54, 1.807) is 24.3 Å². The molecule has 1 aromatic rings. The van der Waals surface area contributed by atoms with Gasteiger partial charge in [0.25, 0.3) is 0 Å². The molecule has 0 radical (unpaired) electrons. The summed E-state index contributed by atoms with van der Waals surface area (Å²) in [7, 11) is 0. The van der Waals surface area contributed by atoms with Crippen LogP contribution in [0.25, 0.3) is 0 Å². The van der Waals surface area contributed by atoms with Crippen molar-refractivity contribution in [2.75, 3.05) is 0 Å². The molecule has 0 aliphatic heterocycles. The van der Waals surface area contributed by atoms with Crippen LogP contribution in [0.2, 0.25) is 5.02 Å². The van der Waals surface area contributed by atoms with Gasteiger partial charge in [0.2, 0.25) is 0 Å². The van der Waals surface area contributed by atoms with Crippen LogP contribution >= 0.6 is 11.6 Å². The molecule has 0 fully saturated rings. The highest BCUT2D eigenvalue weighted by atomic mass is 35.5. The summed E-state index contributed by atoms with van der Waals surface area (Å²) in [6.45, 7) is 4.88. The van der Waals surface area contributed by atoms with Gasteiger partial charge < -0.3 is 5.11 Å². The fraction of sp³-hybridized carbons (Fsp3) is 0.182. The molecule has 0 saturated carbocycles. The molecule has 2 nitrogen and oxygen atoms in total. The minimum Gasteiger partial charge on any atom is -0.383 e. The third kappa shape index (κ3) is 2.22. The van der Waals surface area contributed by atoms with Gasteiger partial charge in [0.05, 0.1) is 0 Å². The van der Waals surface area contributed by atoms with Gasteiger partial charge in [-0.3, -0.25) is 4.79 Å². The molecule has 0 aromatic heterocycles. The number of hydrogen-bond acceptors (Lipinski definition) is 2. The third-order valence-corrected chi connectivity index (χ3v) is 2.33. The van der Waals surface area contributed by atoms with Gasteiger partial charge in [-0.1, -0.05) is 36.4 Å². The summed E-state index contributed by atoms with van der Waals surface area (Å²) in [5, 5.41) is 10.2. The molecule has 0 amide bonds. The van der Waals surface area contributed by atoms with Gasteiger partial charge in [-0.2, -0.15) is 0 Å². The zero-order chi connectivity index (χ0) is 10.7. The van der Waals surface area contributed by atoms with Gasteiger partial charge in [-0.25, -0.2) is 0 Å². The number of aliphatic hydroxyl groups is 1. The van der Waals surface area contributed by atoms with Crippen LogP contribution in [0.5, 0.6) is 0 Å². The van der Waals surface area contributed by atoms with E-state index in [4.69, 9.17) is 11.6 Å². The third-order valence-electron chi connectivity index (χ3n) is 1.98. The van der Waals surface area contributed by atoms with E-state index >= 15 is 0 Å². The van der Waals surface area contributed by atoms with Crippen molar-refractivity contribution in [1.82, 2.24) is 0 Å². The zero-order valence-electron chi connectivity index (χ0n) is 7.83. The Bertz CT molecular complexity index is 371. The van der Waals surface area contributed by atoms with Crippen molar-refractivity contribution in [1.29, 1.82) is 0 Å². The lowest BCUT2D eigenvalue weighted by molar-refractivity contribution is -0.114. The van der Waals surface area contributed by atoms with Crippen LogP contribution in [0, 0.1) is 0 Å². The molecule has 1 unspecified atom stereocenters. The molecular weight excluding hydrogens is 200 g/mol. The first-order valence-electron chi connectivity index (χ1n) is 4.16. The number of halogens is 1. The van der Waals surface area contributed by atoms with Gasteiger partial charge in [-0.05, 0) is 13.0 Å². The molecule has 0 saturated heterocycles. The Morgan fingerprint density at radius 2 is 2.07 bits per heavy atom. The molecule has 1 N–H and O–H groups in total. The highest BCUT2D eigenvalue weighted by Crippen LogP contribution is 2.27. The quantitative estimate of drug-likeness (QED) is 0.779.